The predicted molar refractivity (Wildman–Crippen MR) is 75.1 cm³/mol. The van der Waals surface area contributed by atoms with Crippen LogP contribution < -0.4 is 9.64 Å². The molecule has 1 aromatic heterocycles. The Balaban J connectivity index is 2.03. The van der Waals surface area contributed by atoms with E-state index < -0.39 is 5.97 Å². The number of aliphatic carboxylic acids is 1. The van der Waals surface area contributed by atoms with Crippen molar-refractivity contribution in [1.82, 2.24) is 9.97 Å². The van der Waals surface area contributed by atoms with E-state index >= 15 is 0 Å². The fourth-order valence-corrected chi connectivity index (χ4v) is 2.62. The predicted octanol–water partition coefficient (Wildman–Crippen LogP) is 1.87. The van der Waals surface area contributed by atoms with Gasteiger partial charge in [0.15, 0.2) is 0 Å². The van der Waals surface area contributed by atoms with Crippen LogP contribution in [0.5, 0.6) is 5.88 Å². The minimum Gasteiger partial charge on any atom is -0.481 e. The molecule has 1 aliphatic rings. The topological polar surface area (TPSA) is 75.6 Å². The Hall–Kier alpha value is -1.85. The second-order valence-electron chi connectivity index (χ2n) is 5.09. The van der Waals surface area contributed by atoms with Crippen molar-refractivity contribution >= 4 is 11.8 Å². The summed E-state index contributed by atoms with van der Waals surface area (Å²) in [6.07, 6.45) is 3.57. The van der Waals surface area contributed by atoms with Crippen molar-refractivity contribution in [3.05, 3.63) is 11.9 Å². The van der Waals surface area contributed by atoms with Crippen molar-refractivity contribution in [2.24, 2.45) is 5.92 Å². The van der Waals surface area contributed by atoms with Gasteiger partial charge in [0.25, 0.3) is 0 Å². The first-order valence-corrected chi connectivity index (χ1v) is 7.03. The first-order valence-electron chi connectivity index (χ1n) is 7.03. The molecule has 0 spiro atoms. The van der Waals surface area contributed by atoms with Crippen LogP contribution in [0.15, 0.2) is 6.33 Å². The first kappa shape index (κ1) is 14.6. The molecule has 2 rings (SSSR count). The van der Waals surface area contributed by atoms with Gasteiger partial charge in [-0.3, -0.25) is 4.79 Å². The van der Waals surface area contributed by atoms with Crippen LogP contribution in [0, 0.1) is 12.8 Å². The maximum absolute atomic E-state index is 10.7. The molecule has 0 unspecified atom stereocenters. The number of nitrogens with zero attached hydrogens (tertiary/aromatic N) is 3. The zero-order valence-corrected chi connectivity index (χ0v) is 12.0. The van der Waals surface area contributed by atoms with E-state index in [1.54, 1.807) is 0 Å². The molecular formula is C14H21N3O3. The van der Waals surface area contributed by atoms with Gasteiger partial charge in [0, 0.05) is 19.5 Å². The van der Waals surface area contributed by atoms with Crippen molar-refractivity contribution in [3.63, 3.8) is 0 Å². The zero-order chi connectivity index (χ0) is 14.5. The molecule has 0 amide bonds. The van der Waals surface area contributed by atoms with Crippen molar-refractivity contribution in [2.45, 2.75) is 33.1 Å². The highest BCUT2D eigenvalue weighted by Gasteiger charge is 2.23. The third kappa shape index (κ3) is 3.37. The molecule has 0 atom stereocenters. The van der Waals surface area contributed by atoms with Gasteiger partial charge in [-0.25, -0.2) is 9.97 Å². The first-order chi connectivity index (χ1) is 9.61. The quantitative estimate of drug-likeness (QED) is 0.887. The summed E-state index contributed by atoms with van der Waals surface area (Å²) in [5.74, 6) is 1.10. The van der Waals surface area contributed by atoms with Crippen LogP contribution in [0.2, 0.25) is 0 Å². The smallest absolute Gasteiger partial charge is 0.303 e. The Kier molecular flexibility index (Phi) is 4.76. The lowest BCUT2D eigenvalue weighted by Gasteiger charge is -2.33. The van der Waals surface area contributed by atoms with E-state index in [0.29, 0.717) is 12.5 Å². The fourth-order valence-electron chi connectivity index (χ4n) is 2.62. The standard InChI is InChI=1S/C14H21N3O3/c1-3-20-14-10(2)13(15-9-16-14)17-6-4-11(5-7-17)8-12(18)19/h9,11H,3-8H2,1-2H3,(H,18,19). The van der Waals surface area contributed by atoms with Crippen LogP contribution in [0.1, 0.15) is 31.7 Å². The molecule has 0 bridgehead atoms. The summed E-state index contributed by atoms with van der Waals surface area (Å²) in [6.45, 7) is 6.14. The van der Waals surface area contributed by atoms with Crippen LogP contribution in [-0.2, 0) is 4.79 Å². The number of rotatable bonds is 5. The van der Waals surface area contributed by atoms with Gasteiger partial charge in [0.1, 0.15) is 12.1 Å². The van der Waals surface area contributed by atoms with Crippen molar-refractivity contribution in [2.75, 3.05) is 24.6 Å². The Morgan fingerprint density at radius 1 is 1.45 bits per heavy atom. The molecule has 0 saturated carbocycles. The Labute approximate surface area is 118 Å². The monoisotopic (exact) mass is 279 g/mol. The molecule has 6 nitrogen and oxygen atoms in total. The third-order valence-electron chi connectivity index (χ3n) is 3.67. The highest BCUT2D eigenvalue weighted by molar-refractivity contribution is 5.67. The van der Waals surface area contributed by atoms with E-state index in [1.165, 1.54) is 6.33 Å². The fraction of sp³-hybridized carbons (Fsp3) is 0.643. The van der Waals surface area contributed by atoms with E-state index in [0.717, 1.165) is 37.3 Å². The van der Waals surface area contributed by atoms with Crippen molar-refractivity contribution in [1.29, 1.82) is 0 Å². The molecule has 6 heteroatoms. The van der Waals surface area contributed by atoms with E-state index in [2.05, 4.69) is 14.9 Å². The molecule has 1 aromatic rings. The largest absolute Gasteiger partial charge is 0.481 e. The summed E-state index contributed by atoms with van der Waals surface area (Å²) in [5.41, 5.74) is 0.950. The van der Waals surface area contributed by atoms with Gasteiger partial charge in [-0.1, -0.05) is 0 Å². The lowest BCUT2D eigenvalue weighted by atomic mass is 9.93. The van der Waals surface area contributed by atoms with Crippen LogP contribution >= 0.6 is 0 Å². The van der Waals surface area contributed by atoms with E-state index in [9.17, 15) is 4.79 Å². The van der Waals surface area contributed by atoms with Crippen molar-refractivity contribution in [3.8, 4) is 5.88 Å². The normalized spacial score (nSPS) is 16.2. The minimum atomic E-state index is -0.708. The molecule has 1 N–H and O–H groups in total. The van der Waals surface area contributed by atoms with E-state index in [1.807, 2.05) is 13.8 Å². The number of anilines is 1. The van der Waals surface area contributed by atoms with Gasteiger partial charge in [0.05, 0.1) is 12.2 Å². The second kappa shape index (κ2) is 6.54. The SMILES string of the molecule is CCOc1ncnc(N2CCC(CC(=O)O)CC2)c1C. The van der Waals surface area contributed by atoms with Gasteiger partial charge in [-0.05, 0) is 32.6 Å². The summed E-state index contributed by atoms with van der Waals surface area (Å²) in [4.78, 5) is 21.4. The zero-order valence-electron chi connectivity index (χ0n) is 12.0. The van der Waals surface area contributed by atoms with Gasteiger partial charge < -0.3 is 14.7 Å². The van der Waals surface area contributed by atoms with Gasteiger partial charge >= 0.3 is 5.97 Å². The maximum Gasteiger partial charge on any atom is 0.303 e. The molecule has 110 valence electrons. The molecular weight excluding hydrogens is 258 g/mol. The number of carbonyl (C=O) groups is 1. The molecule has 1 aliphatic heterocycles. The van der Waals surface area contributed by atoms with Crippen LogP contribution in [0.3, 0.4) is 0 Å². The summed E-state index contributed by atoms with van der Waals surface area (Å²) < 4.78 is 5.49. The Bertz CT molecular complexity index is 471. The average molecular weight is 279 g/mol. The van der Waals surface area contributed by atoms with E-state index in [-0.39, 0.29) is 12.3 Å². The number of hydrogen-bond acceptors (Lipinski definition) is 5. The second-order valence-corrected chi connectivity index (χ2v) is 5.09. The van der Waals surface area contributed by atoms with E-state index in [4.69, 9.17) is 9.84 Å². The summed E-state index contributed by atoms with van der Waals surface area (Å²) in [7, 11) is 0. The molecule has 0 aliphatic carbocycles. The highest BCUT2D eigenvalue weighted by Crippen LogP contribution is 2.28. The third-order valence-corrected chi connectivity index (χ3v) is 3.67. The summed E-state index contributed by atoms with van der Waals surface area (Å²) >= 11 is 0. The number of carboxylic acids is 1. The van der Waals surface area contributed by atoms with Crippen LogP contribution in [0.4, 0.5) is 5.82 Å². The number of hydrogen-bond donors (Lipinski definition) is 1. The van der Waals surface area contributed by atoms with Gasteiger partial charge in [-0.15, -0.1) is 0 Å². The molecule has 0 aromatic carbocycles. The summed E-state index contributed by atoms with van der Waals surface area (Å²) in [5, 5.41) is 8.84. The van der Waals surface area contributed by atoms with Gasteiger partial charge in [-0.2, -0.15) is 0 Å². The summed E-state index contributed by atoms with van der Waals surface area (Å²) in [6, 6.07) is 0. The number of carboxylic acid groups (broad SMARTS) is 1. The average Bonchev–Trinajstić information content (AvgIpc) is 2.42. The highest BCUT2D eigenvalue weighted by atomic mass is 16.5. The van der Waals surface area contributed by atoms with Crippen LogP contribution in [-0.4, -0.2) is 40.7 Å². The van der Waals surface area contributed by atoms with Crippen LogP contribution in [0.25, 0.3) is 0 Å². The molecule has 1 fully saturated rings. The lowest BCUT2D eigenvalue weighted by Crippen LogP contribution is -2.35. The lowest BCUT2D eigenvalue weighted by molar-refractivity contribution is -0.138. The Morgan fingerprint density at radius 3 is 2.75 bits per heavy atom. The molecule has 1 saturated heterocycles. The number of aromatic nitrogens is 2. The maximum atomic E-state index is 10.7. The number of piperidine rings is 1. The minimum absolute atomic E-state index is 0.265. The molecule has 20 heavy (non-hydrogen) atoms. The molecule has 2 heterocycles. The van der Waals surface area contributed by atoms with Gasteiger partial charge in [0.2, 0.25) is 5.88 Å². The van der Waals surface area contributed by atoms with Crippen molar-refractivity contribution < 1.29 is 14.6 Å². The molecule has 0 radical (unpaired) electrons. The Morgan fingerprint density at radius 2 is 2.15 bits per heavy atom. The number of ether oxygens (including phenoxy) is 1.